The van der Waals surface area contributed by atoms with E-state index in [4.69, 9.17) is 13.9 Å². The third kappa shape index (κ3) is 7.80. The van der Waals surface area contributed by atoms with Gasteiger partial charge in [-0.1, -0.05) is 87.5 Å². The van der Waals surface area contributed by atoms with E-state index in [0.29, 0.717) is 6.61 Å². The van der Waals surface area contributed by atoms with Gasteiger partial charge in [0.2, 0.25) is 0 Å². The van der Waals surface area contributed by atoms with E-state index in [1.807, 2.05) is 56.3 Å². The molecule has 0 radical (unpaired) electrons. The largest absolute Gasteiger partial charge is 0.457 e. The molecule has 7 heteroatoms. The van der Waals surface area contributed by atoms with Crippen LogP contribution in [0, 0.1) is 0 Å². The lowest BCUT2D eigenvalue weighted by Gasteiger charge is -2.43. The molecule has 0 aliphatic heterocycles. The molecule has 1 amide bonds. The molecule has 0 bridgehead atoms. The number of rotatable bonds is 9. The molecule has 0 aromatic heterocycles. The molecule has 1 unspecified atom stereocenters. The summed E-state index contributed by atoms with van der Waals surface area (Å²) < 4.78 is 17.7. The zero-order chi connectivity index (χ0) is 27.0. The van der Waals surface area contributed by atoms with Crippen LogP contribution in [0.1, 0.15) is 55.4 Å². The van der Waals surface area contributed by atoms with Crippen LogP contribution in [0.2, 0.25) is 5.04 Å². The monoisotopic (exact) mass is 511 g/mol. The van der Waals surface area contributed by atoms with Crippen molar-refractivity contribution in [1.82, 2.24) is 5.32 Å². The Labute approximate surface area is 217 Å². The molecule has 0 saturated heterocycles. The van der Waals surface area contributed by atoms with Crippen LogP contribution in [0.4, 0.5) is 4.79 Å². The molecular formula is C29H41NO5Si. The first-order valence-corrected chi connectivity index (χ1v) is 14.3. The van der Waals surface area contributed by atoms with Gasteiger partial charge in [-0.2, -0.15) is 0 Å². The van der Waals surface area contributed by atoms with Gasteiger partial charge in [0.15, 0.2) is 0 Å². The van der Waals surface area contributed by atoms with E-state index in [1.54, 1.807) is 20.8 Å². The van der Waals surface area contributed by atoms with E-state index in [9.17, 15) is 9.59 Å². The fourth-order valence-corrected chi connectivity index (χ4v) is 8.70. The van der Waals surface area contributed by atoms with Gasteiger partial charge >= 0.3 is 12.1 Å². The summed E-state index contributed by atoms with van der Waals surface area (Å²) in [5.74, 6) is -0.543. The average Bonchev–Trinajstić information content (AvgIpc) is 2.80. The van der Waals surface area contributed by atoms with E-state index in [0.717, 1.165) is 5.57 Å². The van der Waals surface area contributed by atoms with Crippen LogP contribution >= 0.6 is 0 Å². The third-order valence-electron chi connectivity index (χ3n) is 5.85. The second-order valence-corrected chi connectivity index (χ2v) is 15.1. The van der Waals surface area contributed by atoms with Gasteiger partial charge in [0, 0.05) is 0 Å². The normalized spacial score (nSPS) is 13.6. The Bertz CT molecular complexity index is 984. The number of hydrogen-bond donors (Lipinski definition) is 1. The number of amides is 1. The maximum Gasteiger partial charge on any atom is 0.408 e. The maximum absolute atomic E-state index is 12.4. The third-order valence-corrected chi connectivity index (χ3v) is 10.8. The summed E-state index contributed by atoms with van der Waals surface area (Å²) >= 11 is 0. The number of carbonyl (C=O) groups excluding carboxylic acids is 2. The predicted molar refractivity (Wildman–Crippen MR) is 147 cm³/mol. The van der Waals surface area contributed by atoms with Crippen LogP contribution in [-0.4, -0.2) is 45.2 Å². The average molecular weight is 512 g/mol. The summed E-state index contributed by atoms with van der Waals surface area (Å²) in [6, 6.07) is 20.8. The highest BCUT2D eigenvalue weighted by Crippen LogP contribution is 2.37. The van der Waals surface area contributed by atoms with Crippen molar-refractivity contribution in [2.75, 3.05) is 13.2 Å². The van der Waals surface area contributed by atoms with Crippen molar-refractivity contribution in [3.8, 4) is 0 Å². The smallest absolute Gasteiger partial charge is 0.408 e. The molecule has 1 atom stereocenters. The molecule has 2 rings (SSSR count). The fourth-order valence-electron chi connectivity index (χ4n) is 4.16. The van der Waals surface area contributed by atoms with Crippen molar-refractivity contribution in [2.45, 2.75) is 72.1 Å². The Hall–Kier alpha value is -2.90. The van der Waals surface area contributed by atoms with Gasteiger partial charge in [-0.3, -0.25) is 4.79 Å². The molecule has 0 spiro atoms. The van der Waals surface area contributed by atoms with Crippen LogP contribution in [0.3, 0.4) is 0 Å². The van der Waals surface area contributed by atoms with Crippen molar-refractivity contribution in [1.29, 1.82) is 0 Å². The number of hydrogen-bond acceptors (Lipinski definition) is 5. The molecule has 2 aromatic carbocycles. The van der Waals surface area contributed by atoms with Gasteiger partial charge in [0.25, 0.3) is 8.32 Å². The molecule has 0 aliphatic rings. The number of esters is 1. The first-order chi connectivity index (χ1) is 16.8. The van der Waals surface area contributed by atoms with Crippen molar-refractivity contribution in [3.05, 3.63) is 72.3 Å². The molecule has 0 heterocycles. The minimum Gasteiger partial charge on any atom is -0.457 e. The molecule has 0 fully saturated rings. The maximum atomic E-state index is 12.4. The SMILES string of the molecule is C/C=C(/CO[Si](c1ccccc1)(c1ccccc1)C(C)(C)C)C(C)OC(=O)CNC(=O)OC(C)(C)C. The lowest BCUT2D eigenvalue weighted by Crippen LogP contribution is -2.66. The lowest BCUT2D eigenvalue weighted by atomic mass is 10.2. The van der Waals surface area contributed by atoms with Gasteiger partial charge in [-0.25, -0.2) is 4.79 Å². The Kier molecular flexibility index (Phi) is 10.1. The number of benzene rings is 2. The van der Waals surface area contributed by atoms with Crippen LogP contribution in [-0.2, 0) is 18.7 Å². The summed E-state index contributed by atoms with van der Waals surface area (Å²) in [5, 5.41) is 4.65. The second kappa shape index (κ2) is 12.4. The number of carbonyl (C=O) groups is 2. The summed E-state index contributed by atoms with van der Waals surface area (Å²) in [4.78, 5) is 24.2. The molecule has 2 aromatic rings. The van der Waals surface area contributed by atoms with Gasteiger partial charge in [0.1, 0.15) is 18.2 Å². The first-order valence-electron chi connectivity index (χ1n) is 12.4. The molecule has 0 aliphatic carbocycles. The Balaban J connectivity index is 2.20. The molecule has 6 nitrogen and oxygen atoms in total. The summed E-state index contributed by atoms with van der Waals surface area (Å²) in [5.41, 5.74) is 0.214. The number of alkyl carbamates (subject to hydrolysis) is 1. The van der Waals surface area contributed by atoms with Crippen LogP contribution in [0.25, 0.3) is 0 Å². The van der Waals surface area contributed by atoms with Crippen LogP contribution in [0.5, 0.6) is 0 Å². The Morgan fingerprint density at radius 1 is 0.917 bits per heavy atom. The van der Waals surface area contributed by atoms with Crippen molar-refractivity contribution in [2.24, 2.45) is 0 Å². The van der Waals surface area contributed by atoms with E-state index in [1.165, 1.54) is 10.4 Å². The molecule has 36 heavy (non-hydrogen) atoms. The van der Waals surface area contributed by atoms with E-state index >= 15 is 0 Å². The number of nitrogens with one attached hydrogen (secondary N) is 1. The van der Waals surface area contributed by atoms with Crippen LogP contribution in [0.15, 0.2) is 72.3 Å². The molecule has 0 saturated carbocycles. The van der Waals surface area contributed by atoms with E-state index in [-0.39, 0.29) is 11.6 Å². The quantitative estimate of drug-likeness (QED) is 0.292. The standard InChI is InChI=1S/C29H41NO5Si/c1-9-23(22(2)34-26(31)20-30-27(32)35-28(3,4)5)21-33-36(29(6,7)8,24-16-12-10-13-17-24)25-18-14-11-15-19-25/h9-19,22H,20-21H2,1-8H3,(H,30,32)/b23-9-. The fraction of sp³-hybridized carbons (Fsp3) is 0.448. The van der Waals surface area contributed by atoms with Gasteiger partial charge in [-0.05, 0) is 55.6 Å². The molecule has 1 N–H and O–H groups in total. The second-order valence-electron chi connectivity index (χ2n) is 10.8. The first kappa shape index (κ1) is 29.3. The minimum atomic E-state index is -2.72. The topological polar surface area (TPSA) is 73.9 Å². The van der Waals surface area contributed by atoms with Crippen molar-refractivity contribution in [3.63, 3.8) is 0 Å². The number of allylic oxidation sites excluding steroid dienone is 1. The summed E-state index contributed by atoms with van der Waals surface area (Å²) in [6.07, 6.45) is 0.756. The number of ether oxygens (including phenoxy) is 2. The lowest BCUT2D eigenvalue weighted by molar-refractivity contribution is -0.145. The van der Waals surface area contributed by atoms with Gasteiger partial charge in [0.05, 0.1) is 6.61 Å². The zero-order valence-electron chi connectivity index (χ0n) is 22.9. The van der Waals surface area contributed by atoms with E-state index < -0.39 is 32.1 Å². The molecule has 196 valence electrons. The van der Waals surface area contributed by atoms with Crippen LogP contribution < -0.4 is 15.7 Å². The summed E-state index contributed by atoms with van der Waals surface area (Å²) in [7, 11) is -2.72. The highest BCUT2D eigenvalue weighted by atomic mass is 28.4. The molecular weight excluding hydrogens is 470 g/mol. The Morgan fingerprint density at radius 2 is 1.42 bits per heavy atom. The van der Waals surface area contributed by atoms with Gasteiger partial charge in [-0.15, -0.1) is 0 Å². The van der Waals surface area contributed by atoms with Crippen molar-refractivity contribution < 1.29 is 23.5 Å². The minimum absolute atomic E-state index is 0.161. The Morgan fingerprint density at radius 3 is 1.83 bits per heavy atom. The summed E-state index contributed by atoms with van der Waals surface area (Å²) in [6.45, 7) is 15.7. The van der Waals surface area contributed by atoms with Crippen molar-refractivity contribution >= 4 is 30.8 Å². The predicted octanol–water partition coefficient (Wildman–Crippen LogP) is 4.97. The zero-order valence-corrected chi connectivity index (χ0v) is 23.9. The van der Waals surface area contributed by atoms with Gasteiger partial charge < -0.3 is 19.2 Å². The van der Waals surface area contributed by atoms with E-state index in [2.05, 4.69) is 50.4 Å². The highest BCUT2D eigenvalue weighted by molar-refractivity contribution is 6.99. The highest BCUT2D eigenvalue weighted by Gasteiger charge is 2.50.